The Labute approximate surface area is 254 Å². The molecular weight excluding hydrogens is 460 g/mol. The highest BCUT2D eigenvalue weighted by Gasteiger charge is 2.19. The number of fused-ring (bicyclic) bond motifs is 6. The maximum Gasteiger partial charge on any atom is 0.0645 e. The standard InChI is InChI=1S/C36H24N2/c1-2-11-25(12-3-1)26-21-23-27(24-22-26)37-33-18-9-6-15-30(33)36-34(37)19-10-20-35(36)38-31-16-7-4-13-28(31)29-14-5-8-17-32(29)38/h1-24H/i1D,2D,3D,4D,5D,6D,7D,8D,9D,10D,11D,12D,13D,14D,15D,16D,17D,18D,19D,20D,21D,22D,23D,24D. The number of aromatic nitrogens is 2. The van der Waals surface area contributed by atoms with Gasteiger partial charge >= 0.3 is 0 Å². The maximum atomic E-state index is 9.33. The SMILES string of the molecule is [2H]c1c([2H])c([2H])c(-c2c([2H])c([2H])c(-n3c4c([2H])c([2H])c([2H])c([2H])c4c4c(-n5c6c([2H])c([2H])c([2H])c([2H])c6c6c([2H])c([2H])c([2H])c([2H])c65)c([2H])c([2H])c([2H])c43)c([2H])c2[2H])c([2H])c1[2H]. The van der Waals surface area contributed by atoms with Crippen LogP contribution in [0.15, 0.2) is 145 Å². The van der Waals surface area contributed by atoms with Gasteiger partial charge in [0.1, 0.15) is 0 Å². The van der Waals surface area contributed by atoms with E-state index >= 15 is 0 Å². The molecule has 0 spiro atoms. The second kappa shape index (κ2) is 8.22. The molecule has 0 N–H and O–H groups in total. The quantitative estimate of drug-likeness (QED) is 0.225. The van der Waals surface area contributed by atoms with Gasteiger partial charge in [0, 0.05) is 27.2 Å². The second-order valence-corrected chi connectivity index (χ2v) is 8.01. The van der Waals surface area contributed by atoms with Crippen LogP contribution in [0.25, 0.3) is 66.1 Å². The van der Waals surface area contributed by atoms with E-state index in [0.29, 0.717) is 0 Å². The third-order valence-electron chi connectivity index (χ3n) is 6.04. The molecule has 0 fully saturated rings. The van der Waals surface area contributed by atoms with E-state index in [0.717, 1.165) is 9.13 Å². The van der Waals surface area contributed by atoms with Gasteiger partial charge in [0.15, 0.2) is 0 Å². The minimum atomic E-state index is -1.01. The lowest BCUT2D eigenvalue weighted by Gasteiger charge is -2.12. The summed E-state index contributed by atoms with van der Waals surface area (Å²) < 4.78 is 212. The lowest BCUT2D eigenvalue weighted by atomic mass is 10.1. The summed E-state index contributed by atoms with van der Waals surface area (Å²) in [5.74, 6) is 0. The lowest BCUT2D eigenvalue weighted by Crippen LogP contribution is -1.96. The van der Waals surface area contributed by atoms with Crippen molar-refractivity contribution in [3.63, 3.8) is 0 Å². The molecule has 0 aliphatic carbocycles. The molecule has 178 valence electrons. The second-order valence-electron chi connectivity index (χ2n) is 8.01. The Morgan fingerprint density at radius 1 is 0.368 bits per heavy atom. The zero-order valence-corrected chi connectivity index (χ0v) is 18.9. The van der Waals surface area contributed by atoms with Gasteiger partial charge in [-0.3, -0.25) is 0 Å². The fourth-order valence-electron chi connectivity index (χ4n) is 4.51. The van der Waals surface area contributed by atoms with Crippen LogP contribution in [0.2, 0.25) is 0 Å². The Kier molecular flexibility index (Phi) is 1.78. The van der Waals surface area contributed by atoms with Crippen LogP contribution in [0.5, 0.6) is 0 Å². The lowest BCUT2D eigenvalue weighted by molar-refractivity contribution is 1.17. The molecule has 38 heavy (non-hydrogen) atoms. The molecule has 2 aromatic heterocycles. The van der Waals surface area contributed by atoms with Crippen molar-refractivity contribution in [1.29, 1.82) is 0 Å². The fraction of sp³-hybridized carbons (Fsp3) is 0. The van der Waals surface area contributed by atoms with Gasteiger partial charge in [-0.25, -0.2) is 0 Å². The minimum absolute atomic E-state index is 0.444. The molecule has 2 heterocycles. The number of para-hydroxylation sites is 3. The number of rotatable bonds is 3. The molecule has 0 saturated carbocycles. The van der Waals surface area contributed by atoms with E-state index < -0.39 is 211 Å². The molecule has 0 unspecified atom stereocenters. The first-order chi connectivity index (χ1) is 28.9. The highest BCUT2D eigenvalue weighted by atomic mass is 15.0. The fourth-order valence-corrected chi connectivity index (χ4v) is 4.51. The third-order valence-corrected chi connectivity index (χ3v) is 6.04. The van der Waals surface area contributed by atoms with Crippen molar-refractivity contribution in [2.45, 2.75) is 0 Å². The third kappa shape index (κ3) is 3.01. The Hall–Kier alpha value is -5.08. The summed E-state index contributed by atoms with van der Waals surface area (Å²) in [4.78, 5) is 0. The molecular formula is C36H24N2. The summed E-state index contributed by atoms with van der Waals surface area (Å²) in [5, 5.41) is -2.00. The van der Waals surface area contributed by atoms with Gasteiger partial charge in [-0.2, -0.15) is 0 Å². The van der Waals surface area contributed by atoms with E-state index in [-0.39, 0.29) is 0 Å². The van der Waals surface area contributed by atoms with Crippen molar-refractivity contribution in [2.75, 3.05) is 0 Å². The van der Waals surface area contributed by atoms with Crippen molar-refractivity contribution >= 4 is 43.6 Å². The number of nitrogens with zero attached hydrogens (tertiary/aromatic N) is 2. The average Bonchev–Trinajstić information content (AvgIpc) is 3.78. The van der Waals surface area contributed by atoms with Crippen LogP contribution in [-0.4, -0.2) is 9.13 Å². The van der Waals surface area contributed by atoms with E-state index in [9.17, 15) is 5.48 Å². The molecule has 0 aliphatic rings. The summed E-state index contributed by atoms with van der Waals surface area (Å²) in [6, 6.07) is -21.0. The summed E-state index contributed by atoms with van der Waals surface area (Å²) in [6.07, 6.45) is 0. The van der Waals surface area contributed by atoms with Gasteiger partial charge < -0.3 is 9.13 Å². The van der Waals surface area contributed by atoms with Crippen molar-refractivity contribution in [2.24, 2.45) is 0 Å². The summed E-state index contributed by atoms with van der Waals surface area (Å²) in [6.45, 7) is 0. The van der Waals surface area contributed by atoms with Gasteiger partial charge in [-0.1, -0.05) is 103 Å². The van der Waals surface area contributed by atoms with Gasteiger partial charge in [-0.15, -0.1) is 0 Å². The predicted molar refractivity (Wildman–Crippen MR) is 161 cm³/mol. The first kappa shape index (κ1) is 8.21. The Balaban J connectivity index is 1.71. The first-order valence-electron chi connectivity index (χ1n) is 23.1. The van der Waals surface area contributed by atoms with Gasteiger partial charge in [0.25, 0.3) is 0 Å². The molecule has 0 saturated heterocycles. The Morgan fingerprint density at radius 2 is 0.868 bits per heavy atom. The highest BCUT2D eigenvalue weighted by Crippen LogP contribution is 2.39. The Bertz CT molecular complexity index is 3320. The van der Waals surface area contributed by atoms with Crippen molar-refractivity contribution in [3.8, 4) is 22.5 Å². The predicted octanol–water partition coefficient (Wildman–Crippen LogP) is 9.55. The smallest absolute Gasteiger partial charge is 0.0645 e. The number of benzene rings is 6. The topological polar surface area (TPSA) is 9.86 Å². The molecule has 0 atom stereocenters. The monoisotopic (exact) mass is 508 g/mol. The summed E-state index contributed by atoms with van der Waals surface area (Å²) >= 11 is 0. The van der Waals surface area contributed by atoms with Crippen molar-refractivity contribution < 1.29 is 32.9 Å². The molecule has 8 aromatic rings. The molecule has 0 amide bonds. The molecule has 8 rings (SSSR count). The van der Waals surface area contributed by atoms with Crippen LogP contribution < -0.4 is 0 Å². The van der Waals surface area contributed by atoms with E-state index in [4.69, 9.17) is 27.4 Å². The normalized spacial score (nSPS) is 20.5. The average molecular weight is 509 g/mol. The molecule has 0 bridgehead atoms. The van der Waals surface area contributed by atoms with Crippen LogP contribution >= 0.6 is 0 Å². The van der Waals surface area contributed by atoms with Crippen LogP contribution in [0.4, 0.5) is 0 Å². The molecule has 2 heteroatoms. The van der Waals surface area contributed by atoms with Gasteiger partial charge in [0.05, 0.1) is 60.7 Å². The van der Waals surface area contributed by atoms with Crippen molar-refractivity contribution in [1.82, 2.24) is 9.13 Å². The number of hydrogen-bond acceptors (Lipinski definition) is 0. The van der Waals surface area contributed by atoms with Crippen LogP contribution in [-0.2, 0) is 0 Å². The maximum absolute atomic E-state index is 9.33. The molecule has 6 aromatic carbocycles. The van der Waals surface area contributed by atoms with E-state index in [1.165, 1.54) is 0 Å². The van der Waals surface area contributed by atoms with Gasteiger partial charge in [0.2, 0.25) is 0 Å². The molecule has 2 nitrogen and oxygen atoms in total. The largest absolute Gasteiger partial charge is 0.309 e. The van der Waals surface area contributed by atoms with Gasteiger partial charge in [-0.05, 0) is 53.4 Å². The number of hydrogen-bond donors (Lipinski definition) is 0. The van der Waals surface area contributed by atoms with Crippen LogP contribution in [0.3, 0.4) is 0 Å². The van der Waals surface area contributed by atoms with E-state index in [2.05, 4.69) is 0 Å². The summed E-state index contributed by atoms with van der Waals surface area (Å²) in [7, 11) is 0. The zero-order valence-electron chi connectivity index (χ0n) is 42.9. The van der Waals surface area contributed by atoms with Crippen LogP contribution in [0, 0.1) is 0 Å². The van der Waals surface area contributed by atoms with Crippen molar-refractivity contribution in [3.05, 3.63) is 145 Å². The Morgan fingerprint density at radius 3 is 1.53 bits per heavy atom. The minimum Gasteiger partial charge on any atom is -0.309 e. The summed E-state index contributed by atoms with van der Waals surface area (Å²) in [5.41, 5.74) is -5.29. The highest BCUT2D eigenvalue weighted by molar-refractivity contribution is 6.16. The van der Waals surface area contributed by atoms with E-state index in [1.807, 2.05) is 0 Å². The molecule has 0 radical (unpaired) electrons. The first-order valence-corrected chi connectivity index (χ1v) is 11.1. The van der Waals surface area contributed by atoms with E-state index in [1.54, 1.807) is 0 Å². The zero-order chi connectivity index (χ0) is 45.9. The van der Waals surface area contributed by atoms with Crippen LogP contribution in [0.1, 0.15) is 32.9 Å². The molecule has 0 aliphatic heterocycles.